The number of hydrogen-bond acceptors (Lipinski definition) is 2. The van der Waals surface area contributed by atoms with Gasteiger partial charge in [-0.1, -0.05) is 39.0 Å². The second kappa shape index (κ2) is 6.65. The van der Waals surface area contributed by atoms with Crippen LogP contribution in [0.1, 0.15) is 45.6 Å². The van der Waals surface area contributed by atoms with Crippen molar-refractivity contribution >= 4 is 0 Å². The molecule has 1 aromatic rings. The van der Waals surface area contributed by atoms with Crippen LogP contribution in [-0.2, 0) is 0 Å². The maximum atomic E-state index is 6.09. The number of hydrogen-bond donors (Lipinski definition) is 1. The van der Waals surface area contributed by atoms with E-state index < -0.39 is 0 Å². The van der Waals surface area contributed by atoms with Gasteiger partial charge in [-0.15, -0.1) is 0 Å². The van der Waals surface area contributed by atoms with E-state index in [1.807, 2.05) is 13.1 Å². The molecule has 0 heterocycles. The van der Waals surface area contributed by atoms with Crippen molar-refractivity contribution in [2.45, 2.75) is 52.2 Å². The molecule has 0 aromatic heterocycles. The Labute approximate surface area is 105 Å². The highest BCUT2D eigenvalue weighted by atomic mass is 16.5. The minimum atomic E-state index is 0.185. The van der Waals surface area contributed by atoms with Gasteiger partial charge in [-0.2, -0.15) is 0 Å². The van der Waals surface area contributed by atoms with Crippen molar-refractivity contribution in [3.05, 3.63) is 29.8 Å². The molecule has 0 saturated heterocycles. The Hall–Kier alpha value is -1.02. The van der Waals surface area contributed by atoms with Crippen LogP contribution in [0.2, 0.25) is 0 Å². The molecule has 1 aromatic carbocycles. The maximum absolute atomic E-state index is 6.09. The summed E-state index contributed by atoms with van der Waals surface area (Å²) in [5, 5.41) is 3.30. The molecule has 1 rings (SSSR count). The predicted molar refractivity (Wildman–Crippen MR) is 73.8 cm³/mol. The lowest BCUT2D eigenvalue weighted by Crippen LogP contribution is -2.38. The first-order valence-corrected chi connectivity index (χ1v) is 6.53. The van der Waals surface area contributed by atoms with E-state index in [1.165, 1.54) is 5.56 Å². The lowest BCUT2D eigenvalue weighted by molar-refractivity contribution is 0.170. The molecule has 2 unspecified atom stereocenters. The quantitative estimate of drug-likeness (QED) is 0.814. The highest BCUT2D eigenvalue weighted by Crippen LogP contribution is 2.27. The number of para-hydroxylation sites is 1. The van der Waals surface area contributed by atoms with Crippen LogP contribution in [0.5, 0.6) is 5.75 Å². The maximum Gasteiger partial charge on any atom is 0.123 e. The van der Waals surface area contributed by atoms with E-state index >= 15 is 0 Å². The first kappa shape index (κ1) is 14.0. The van der Waals surface area contributed by atoms with Crippen molar-refractivity contribution in [1.82, 2.24) is 5.32 Å². The summed E-state index contributed by atoms with van der Waals surface area (Å²) in [6, 6.07) is 8.72. The molecule has 0 aliphatic rings. The van der Waals surface area contributed by atoms with Crippen LogP contribution in [0.25, 0.3) is 0 Å². The fourth-order valence-electron chi connectivity index (χ4n) is 2.12. The van der Waals surface area contributed by atoms with Crippen LogP contribution >= 0.6 is 0 Å². The summed E-state index contributed by atoms with van der Waals surface area (Å²) < 4.78 is 6.09. The zero-order valence-corrected chi connectivity index (χ0v) is 11.7. The van der Waals surface area contributed by atoms with Gasteiger partial charge in [-0.05, 0) is 37.9 Å². The van der Waals surface area contributed by atoms with Crippen molar-refractivity contribution < 1.29 is 4.74 Å². The fraction of sp³-hybridized carbons (Fsp3) is 0.600. The summed E-state index contributed by atoms with van der Waals surface area (Å²) in [6.45, 7) is 8.70. The number of nitrogens with one attached hydrogen (secondary N) is 1. The molecule has 0 spiro atoms. The van der Waals surface area contributed by atoms with E-state index in [1.54, 1.807) is 0 Å². The average molecular weight is 235 g/mol. The third-order valence-electron chi connectivity index (χ3n) is 3.23. The lowest BCUT2D eigenvalue weighted by atomic mass is 10.0. The molecule has 0 amide bonds. The van der Waals surface area contributed by atoms with E-state index in [0.717, 1.165) is 12.2 Å². The predicted octanol–water partition coefficient (Wildman–Crippen LogP) is 3.58. The van der Waals surface area contributed by atoms with Crippen LogP contribution in [0.15, 0.2) is 24.3 Å². The van der Waals surface area contributed by atoms with Crippen LogP contribution < -0.4 is 10.1 Å². The summed E-state index contributed by atoms with van der Waals surface area (Å²) in [4.78, 5) is 0. The van der Waals surface area contributed by atoms with Gasteiger partial charge in [0.25, 0.3) is 0 Å². The van der Waals surface area contributed by atoms with E-state index in [2.05, 4.69) is 51.2 Å². The van der Waals surface area contributed by atoms with Gasteiger partial charge in [0.1, 0.15) is 11.9 Å². The molecule has 0 aliphatic heterocycles. The number of likely N-dealkylation sites (N-methyl/N-ethyl adjacent to an activating group) is 1. The van der Waals surface area contributed by atoms with Crippen LogP contribution in [0.3, 0.4) is 0 Å². The molecular formula is C15H25NO. The van der Waals surface area contributed by atoms with Crippen LogP contribution in [-0.4, -0.2) is 19.2 Å². The highest BCUT2D eigenvalue weighted by Gasteiger charge is 2.16. The topological polar surface area (TPSA) is 21.3 Å². The van der Waals surface area contributed by atoms with Crippen molar-refractivity contribution in [3.63, 3.8) is 0 Å². The number of ether oxygens (including phenoxy) is 1. The molecule has 0 radical (unpaired) electrons. The van der Waals surface area contributed by atoms with Gasteiger partial charge in [-0.25, -0.2) is 0 Å². The lowest BCUT2D eigenvalue weighted by Gasteiger charge is -2.25. The Balaban J connectivity index is 2.80. The fourth-order valence-corrected chi connectivity index (χ4v) is 2.12. The summed E-state index contributed by atoms with van der Waals surface area (Å²) >= 11 is 0. The van der Waals surface area contributed by atoms with Gasteiger partial charge in [0, 0.05) is 6.04 Å². The Morgan fingerprint density at radius 2 is 1.82 bits per heavy atom. The van der Waals surface area contributed by atoms with E-state index in [9.17, 15) is 0 Å². The SMILES string of the molecule is CCC(NC)C(C)Oc1ccccc1C(C)C. The second-order valence-electron chi connectivity index (χ2n) is 4.82. The Morgan fingerprint density at radius 1 is 1.18 bits per heavy atom. The van der Waals surface area contributed by atoms with E-state index in [4.69, 9.17) is 4.74 Å². The third kappa shape index (κ3) is 3.74. The zero-order chi connectivity index (χ0) is 12.8. The van der Waals surface area contributed by atoms with Gasteiger partial charge in [-0.3, -0.25) is 0 Å². The normalized spacial score (nSPS) is 14.7. The zero-order valence-electron chi connectivity index (χ0n) is 11.7. The molecule has 0 saturated carbocycles. The Morgan fingerprint density at radius 3 is 2.35 bits per heavy atom. The average Bonchev–Trinajstić information content (AvgIpc) is 2.31. The third-order valence-corrected chi connectivity index (χ3v) is 3.23. The molecule has 2 heteroatoms. The Bertz CT molecular complexity index is 331. The first-order chi connectivity index (χ1) is 8.10. The summed E-state index contributed by atoms with van der Waals surface area (Å²) in [6.07, 6.45) is 1.26. The standard InChI is InChI=1S/C15H25NO/c1-6-14(16-5)12(4)17-15-10-8-7-9-13(15)11(2)3/h7-12,14,16H,6H2,1-5H3. The highest BCUT2D eigenvalue weighted by molar-refractivity contribution is 5.35. The smallest absolute Gasteiger partial charge is 0.123 e. The minimum absolute atomic E-state index is 0.185. The second-order valence-corrected chi connectivity index (χ2v) is 4.82. The van der Waals surface area contributed by atoms with Crippen molar-refractivity contribution in [2.24, 2.45) is 0 Å². The largest absolute Gasteiger partial charge is 0.489 e. The molecule has 2 nitrogen and oxygen atoms in total. The van der Waals surface area contributed by atoms with Crippen molar-refractivity contribution in [2.75, 3.05) is 7.05 Å². The van der Waals surface area contributed by atoms with Gasteiger partial charge < -0.3 is 10.1 Å². The van der Waals surface area contributed by atoms with Crippen LogP contribution in [0.4, 0.5) is 0 Å². The summed E-state index contributed by atoms with van der Waals surface area (Å²) in [7, 11) is 1.99. The number of benzene rings is 1. The van der Waals surface area contributed by atoms with Gasteiger partial charge in [0.15, 0.2) is 0 Å². The van der Waals surface area contributed by atoms with Gasteiger partial charge >= 0.3 is 0 Å². The van der Waals surface area contributed by atoms with Crippen molar-refractivity contribution in [3.8, 4) is 5.75 Å². The first-order valence-electron chi connectivity index (χ1n) is 6.53. The summed E-state index contributed by atoms with van der Waals surface area (Å²) in [5.74, 6) is 1.51. The minimum Gasteiger partial charge on any atom is -0.489 e. The molecule has 17 heavy (non-hydrogen) atoms. The molecule has 96 valence electrons. The molecule has 0 bridgehead atoms. The van der Waals surface area contributed by atoms with Gasteiger partial charge in [0.05, 0.1) is 0 Å². The molecule has 2 atom stereocenters. The molecule has 0 fully saturated rings. The Kier molecular flexibility index (Phi) is 5.49. The van der Waals surface area contributed by atoms with E-state index in [-0.39, 0.29) is 6.10 Å². The van der Waals surface area contributed by atoms with E-state index in [0.29, 0.717) is 12.0 Å². The number of rotatable bonds is 6. The van der Waals surface area contributed by atoms with Crippen molar-refractivity contribution in [1.29, 1.82) is 0 Å². The monoisotopic (exact) mass is 235 g/mol. The molecular weight excluding hydrogens is 210 g/mol. The summed E-state index contributed by atoms with van der Waals surface area (Å²) in [5.41, 5.74) is 1.28. The van der Waals surface area contributed by atoms with Crippen LogP contribution in [0, 0.1) is 0 Å². The van der Waals surface area contributed by atoms with Gasteiger partial charge in [0.2, 0.25) is 0 Å². The molecule has 0 aliphatic carbocycles. The molecule has 1 N–H and O–H groups in total.